The van der Waals surface area contributed by atoms with E-state index in [1.54, 1.807) is 16.2 Å². The van der Waals surface area contributed by atoms with E-state index in [1.165, 1.54) is 0 Å². The van der Waals surface area contributed by atoms with E-state index < -0.39 is 0 Å². The van der Waals surface area contributed by atoms with Gasteiger partial charge in [-0.05, 0) is 24.4 Å². The van der Waals surface area contributed by atoms with E-state index in [-0.39, 0.29) is 12.5 Å². The fourth-order valence-corrected chi connectivity index (χ4v) is 2.44. The minimum atomic E-state index is -0.0556. The van der Waals surface area contributed by atoms with E-state index in [4.69, 9.17) is 5.11 Å². The molecule has 2 aromatic heterocycles. The van der Waals surface area contributed by atoms with Crippen molar-refractivity contribution in [2.24, 2.45) is 0 Å². The second-order valence-corrected chi connectivity index (χ2v) is 4.44. The maximum absolute atomic E-state index is 12.0. The van der Waals surface area contributed by atoms with E-state index >= 15 is 0 Å². The SMILES string of the molecule is CCN(CCO)C(=O)c1cc2sccc2[nH]1. The third-order valence-electron chi connectivity index (χ3n) is 2.51. The lowest BCUT2D eigenvalue weighted by Crippen LogP contribution is -2.33. The Morgan fingerprint density at radius 1 is 1.62 bits per heavy atom. The number of aliphatic hydroxyl groups is 1. The number of thiophene rings is 1. The molecular weight excluding hydrogens is 224 g/mol. The molecule has 0 aromatic carbocycles. The number of aliphatic hydroxyl groups excluding tert-OH is 1. The van der Waals surface area contributed by atoms with Gasteiger partial charge in [0.15, 0.2) is 0 Å². The van der Waals surface area contributed by atoms with Gasteiger partial charge in [0.1, 0.15) is 5.69 Å². The highest BCUT2D eigenvalue weighted by molar-refractivity contribution is 7.17. The Labute approximate surface area is 97.5 Å². The summed E-state index contributed by atoms with van der Waals surface area (Å²) in [6.45, 7) is 2.88. The van der Waals surface area contributed by atoms with Crippen LogP contribution in [0.3, 0.4) is 0 Å². The van der Waals surface area contributed by atoms with E-state index in [1.807, 2.05) is 24.4 Å². The third kappa shape index (κ3) is 1.96. The van der Waals surface area contributed by atoms with E-state index in [0.29, 0.717) is 18.8 Å². The van der Waals surface area contributed by atoms with Crippen molar-refractivity contribution < 1.29 is 9.90 Å². The summed E-state index contributed by atoms with van der Waals surface area (Å²) in [6, 6.07) is 3.82. The van der Waals surface area contributed by atoms with Crippen LogP contribution in [0.25, 0.3) is 10.2 Å². The molecule has 1 amide bonds. The van der Waals surface area contributed by atoms with Gasteiger partial charge in [-0.15, -0.1) is 11.3 Å². The Bertz CT molecular complexity index is 460. The van der Waals surface area contributed by atoms with Crippen LogP contribution in [-0.4, -0.2) is 40.6 Å². The van der Waals surface area contributed by atoms with Crippen molar-refractivity contribution in [3.63, 3.8) is 0 Å². The van der Waals surface area contributed by atoms with Crippen LogP contribution < -0.4 is 0 Å². The molecule has 5 heteroatoms. The minimum absolute atomic E-state index is 0.00530. The number of H-pyrrole nitrogens is 1. The van der Waals surface area contributed by atoms with Gasteiger partial charge in [0.2, 0.25) is 0 Å². The highest BCUT2D eigenvalue weighted by Gasteiger charge is 2.16. The summed E-state index contributed by atoms with van der Waals surface area (Å²) >= 11 is 1.61. The number of fused-ring (bicyclic) bond motifs is 1. The number of carbonyl (C=O) groups excluding carboxylic acids is 1. The highest BCUT2D eigenvalue weighted by Crippen LogP contribution is 2.21. The molecular formula is C11H14N2O2S. The largest absolute Gasteiger partial charge is 0.395 e. The summed E-state index contributed by atoms with van der Waals surface area (Å²) in [5.74, 6) is -0.0556. The number of amides is 1. The van der Waals surface area contributed by atoms with Crippen LogP contribution in [0.5, 0.6) is 0 Å². The number of carbonyl (C=O) groups is 1. The van der Waals surface area contributed by atoms with Crippen molar-refractivity contribution in [2.75, 3.05) is 19.7 Å². The molecule has 0 aliphatic heterocycles. The smallest absolute Gasteiger partial charge is 0.270 e. The van der Waals surface area contributed by atoms with Crippen LogP contribution in [-0.2, 0) is 0 Å². The molecule has 16 heavy (non-hydrogen) atoms. The summed E-state index contributed by atoms with van der Waals surface area (Å²) < 4.78 is 1.09. The normalized spacial score (nSPS) is 10.9. The Balaban J connectivity index is 2.23. The number of likely N-dealkylation sites (N-methyl/N-ethyl adjacent to an activating group) is 1. The number of aromatic amines is 1. The van der Waals surface area contributed by atoms with Gasteiger partial charge >= 0.3 is 0 Å². The Morgan fingerprint density at radius 2 is 2.44 bits per heavy atom. The number of hydrogen-bond donors (Lipinski definition) is 2. The molecule has 0 fully saturated rings. The van der Waals surface area contributed by atoms with Crippen molar-refractivity contribution in [1.82, 2.24) is 9.88 Å². The summed E-state index contributed by atoms with van der Waals surface area (Å²) in [5.41, 5.74) is 1.59. The summed E-state index contributed by atoms with van der Waals surface area (Å²) in [5, 5.41) is 10.8. The van der Waals surface area contributed by atoms with Crippen LogP contribution in [0.1, 0.15) is 17.4 Å². The molecule has 0 radical (unpaired) electrons. The molecule has 2 rings (SSSR count). The zero-order valence-electron chi connectivity index (χ0n) is 9.06. The van der Waals surface area contributed by atoms with Crippen LogP contribution in [0.15, 0.2) is 17.5 Å². The molecule has 4 nitrogen and oxygen atoms in total. The molecule has 0 bridgehead atoms. The Kier molecular flexibility index (Phi) is 3.26. The van der Waals surface area contributed by atoms with Gasteiger partial charge in [0.25, 0.3) is 5.91 Å². The number of rotatable bonds is 4. The van der Waals surface area contributed by atoms with Crippen molar-refractivity contribution in [2.45, 2.75) is 6.92 Å². The van der Waals surface area contributed by atoms with E-state index in [9.17, 15) is 4.79 Å². The summed E-state index contributed by atoms with van der Waals surface area (Å²) in [6.07, 6.45) is 0. The summed E-state index contributed by atoms with van der Waals surface area (Å²) in [4.78, 5) is 16.7. The van der Waals surface area contributed by atoms with Gasteiger partial charge in [0.05, 0.1) is 16.8 Å². The van der Waals surface area contributed by atoms with Crippen molar-refractivity contribution in [1.29, 1.82) is 0 Å². The molecule has 0 spiro atoms. The van der Waals surface area contributed by atoms with Crippen LogP contribution in [0.4, 0.5) is 0 Å². The second-order valence-electron chi connectivity index (χ2n) is 3.49. The topological polar surface area (TPSA) is 56.3 Å². The van der Waals surface area contributed by atoms with E-state index in [0.717, 1.165) is 10.2 Å². The van der Waals surface area contributed by atoms with Crippen molar-refractivity contribution >= 4 is 27.5 Å². The van der Waals surface area contributed by atoms with Gasteiger partial charge in [-0.25, -0.2) is 0 Å². The maximum Gasteiger partial charge on any atom is 0.270 e. The van der Waals surface area contributed by atoms with Gasteiger partial charge in [-0.2, -0.15) is 0 Å². The third-order valence-corrected chi connectivity index (χ3v) is 3.37. The Hall–Kier alpha value is -1.33. The van der Waals surface area contributed by atoms with E-state index in [2.05, 4.69) is 4.98 Å². The monoisotopic (exact) mass is 238 g/mol. The molecule has 0 atom stereocenters. The molecule has 2 aromatic rings. The first-order valence-corrected chi connectivity index (χ1v) is 6.10. The van der Waals surface area contributed by atoms with Crippen LogP contribution in [0.2, 0.25) is 0 Å². The number of aromatic nitrogens is 1. The first-order valence-electron chi connectivity index (χ1n) is 5.22. The lowest BCUT2D eigenvalue weighted by molar-refractivity contribution is 0.0727. The van der Waals surface area contributed by atoms with Gasteiger partial charge < -0.3 is 15.0 Å². The van der Waals surface area contributed by atoms with Crippen LogP contribution in [0, 0.1) is 0 Å². The predicted octanol–water partition coefficient (Wildman–Crippen LogP) is 1.68. The minimum Gasteiger partial charge on any atom is -0.395 e. The average molecular weight is 238 g/mol. The van der Waals surface area contributed by atoms with Crippen molar-refractivity contribution in [3.8, 4) is 0 Å². The highest BCUT2D eigenvalue weighted by atomic mass is 32.1. The summed E-state index contributed by atoms with van der Waals surface area (Å²) in [7, 11) is 0. The van der Waals surface area contributed by atoms with Crippen LogP contribution >= 0.6 is 11.3 Å². The quantitative estimate of drug-likeness (QED) is 0.851. The fraction of sp³-hybridized carbons (Fsp3) is 0.364. The number of nitrogens with zero attached hydrogens (tertiary/aromatic N) is 1. The first-order chi connectivity index (χ1) is 7.76. The van der Waals surface area contributed by atoms with Crippen molar-refractivity contribution in [3.05, 3.63) is 23.2 Å². The maximum atomic E-state index is 12.0. The van der Waals surface area contributed by atoms with Gasteiger partial charge in [-0.3, -0.25) is 4.79 Å². The number of hydrogen-bond acceptors (Lipinski definition) is 3. The lowest BCUT2D eigenvalue weighted by atomic mass is 10.3. The second kappa shape index (κ2) is 4.67. The molecule has 0 saturated carbocycles. The molecule has 86 valence electrons. The zero-order chi connectivity index (χ0) is 11.5. The molecule has 0 aliphatic carbocycles. The predicted molar refractivity (Wildman–Crippen MR) is 64.8 cm³/mol. The zero-order valence-corrected chi connectivity index (χ0v) is 9.88. The van der Waals surface area contributed by atoms with Gasteiger partial charge in [0, 0.05) is 13.1 Å². The molecule has 2 N–H and O–H groups in total. The molecule has 0 unspecified atom stereocenters. The lowest BCUT2D eigenvalue weighted by Gasteiger charge is -2.18. The molecule has 0 saturated heterocycles. The van der Waals surface area contributed by atoms with Gasteiger partial charge in [-0.1, -0.05) is 0 Å². The first kappa shape index (κ1) is 11.2. The average Bonchev–Trinajstić information content (AvgIpc) is 2.84. The Morgan fingerprint density at radius 3 is 3.06 bits per heavy atom. The standard InChI is InChI=1S/C11H14N2O2S/c1-2-13(4-5-14)11(15)9-7-10-8(12-9)3-6-16-10/h3,6-7,12,14H,2,4-5H2,1H3. The fourth-order valence-electron chi connectivity index (χ4n) is 1.66. The number of nitrogens with one attached hydrogen (secondary N) is 1. The molecule has 0 aliphatic rings. The molecule has 2 heterocycles.